The van der Waals surface area contributed by atoms with E-state index in [1.165, 1.54) is 16.7 Å². The van der Waals surface area contributed by atoms with Crippen LogP contribution < -0.4 is 4.74 Å². The summed E-state index contributed by atoms with van der Waals surface area (Å²) in [7, 11) is 0. The largest absolute Gasteiger partial charge is 0.489 e. The summed E-state index contributed by atoms with van der Waals surface area (Å²) >= 11 is 0. The molecule has 0 bridgehead atoms. The number of aryl methyl sites for hydroxylation is 1. The maximum Gasteiger partial charge on any atom is 0.308 e. The molecule has 0 aromatic heterocycles. The van der Waals surface area contributed by atoms with Crippen LogP contribution in [0.15, 0.2) is 72.8 Å². The van der Waals surface area contributed by atoms with Gasteiger partial charge in [-0.2, -0.15) is 0 Å². The predicted molar refractivity (Wildman–Crippen MR) is 112 cm³/mol. The fraction of sp³-hybridized carbons (Fsp3) is 0.240. The second-order valence-corrected chi connectivity index (χ2v) is 7.26. The highest BCUT2D eigenvalue weighted by Gasteiger charge is 2.08. The molecule has 3 heteroatoms. The van der Waals surface area contributed by atoms with Gasteiger partial charge in [-0.15, -0.1) is 0 Å². The van der Waals surface area contributed by atoms with E-state index in [0.29, 0.717) is 6.61 Å². The zero-order valence-electron chi connectivity index (χ0n) is 16.6. The average molecular weight is 374 g/mol. The molecule has 0 N–H and O–H groups in total. The second-order valence-electron chi connectivity index (χ2n) is 7.26. The Morgan fingerprint density at radius 1 is 0.750 bits per heavy atom. The highest BCUT2D eigenvalue weighted by molar-refractivity contribution is 5.71. The molecule has 0 aliphatic rings. The summed E-state index contributed by atoms with van der Waals surface area (Å²) in [4.78, 5) is 11.5. The Kier molecular flexibility index (Phi) is 6.49. The van der Waals surface area contributed by atoms with Gasteiger partial charge in [0, 0.05) is 0 Å². The first-order chi connectivity index (χ1) is 13.5. The number of esters is 1. The van der Waals surface area contributed by atoms with E-state index in [9.17, 15) is 4.79 Å². The van der Waals surface area contributed by atoms with Gasteiger partial charge >= 0.3 is 5.97 Å². The Morgan fingerprint density at radius 3 is 1.82 bits per heavy atom. The molecular formula is C25H26O3. The van der Waals surface area contributed by atoms with E-state index < -0.39 is 0 Å². The summed E-state index contributed by atoms with van der Waals surface area (Å²) in [5.41, 5.74) is 5.74. The number of ether oxygens (including phenoxy) is 2. The second kappa shape index (κ2) is 9.23. The summed E-state index contributed by atoms with van der Waals surface area (Å²) < 4.78 is 11.1. The number of benzene rings is 3. The van der Waals surface area contributed by atoms with E-state index in [1.807, 2.05) is 38.1 Å². The summed E-state index contributed by atoms with van der Waals surface area (Å²) in [6, 6.07) is 24.6. The van der Waals surface area contributed by atoms with Crippen LogP contribution in [-0.2, 0) is 22.7 Å². The highest BCUT2D eigenvalue weighted by Crippen LogP contribution is 2.21. The van der Waals surface area contributed by atoms with Crippen LogP contribution in [0.5, 0.6) is 5.75 Å². The summed E-state index contributed by atoms with van der Waals surface area (Å²) in [5, 5.41) is 0. The molecule has 3 aromatic rings. The van der Waals surface area contributed by atoms with E-state index >= 15 is 0 Å². The van der Waals surface area contributed by atoms with Crippen LogP contribution in [0.1, 0.15) is 30.5 Å². The molecule has 0 unspecified atom stereocenters. The number of hydrogen-bond donors (Lipinski definition) is 0. The third kappa shape index (κ3) is 5.46. The molecule has 0 spiro atoms. The van der Waals surface area contributed by atoms with Gasteiger partial charge in [0.05, 0.1) is 5.92 Å². The maximum absolute atomic E-state index is 11.5. The molecule has 0 radical (unpaired) electrons. The zero-order chi connectivity index (χ0) is 19.9. The van der Waals surface area contributed by atoms with Gasteiger partial charge < -0.3 is 9.47 Å². The fourth-order valence-corrected chi connectivity index (χ4v) is 2.71. The minimum atomic E-state index is -0.186. The smallest absolute Gasteiger partial charge is 0.308 e. The maximum atomic E-state index is 11.5. The van der Waals surface area contributed by atoms with Gasteiger partial charge in [-0.3, -0.25) is 4.79 Å². The normalized spacial score (nSPS) is 10.7. The Balaban J connectivity index is 1.52. The van der Waals surface area contributed by atoms with Crippen molar-refractivity contribution in [3.05, 3.63) is 89.5 Å². The van der Waals surface area contributed by atoms with Crippen molar-refractivity contribution < 1.29 is 14.3 Å². The lowest BCUT2D eigenvalue weighted by Gasteiger charge is -2.10. The fourth-order valence-electron chi connectivity index (χ4n) is 2.71. The van der Waals surface area contributed by atoms with E-state index in [-0.39, 0.29) is 18.5 Å². The highest BCUT2D eigenvalue weighted by atomic mass is 16.5. The first kappa shape index (κ1) is 19.7. The van der Waals surface area contributed by atoms with Crippen molar-refractivity contribution in [1.82, 2.24) is 0 Å². The van der Waals surface area contributed by atoms with Gasteiger partial charge in [0.2, 0.25) is 0 Å². The lowest BCUT2D eigenvalue weighted by Crippen LogP contribution is -2.11. The molecular weight excluding hydrogens is 348 g/mol. The number of rotatable bonds is 7. The lowest BCUT2D eigenvalue weighted by molar-refractivity contribution is -0.148. The number of carbonyl (C=O) groups is 1. The quantitative estimate of drug-likeness (QED) is 0.480. The van der Waals surface area contributed by atoms with Crippen molar-refractivity contribution in [1.29, 1.82) is 0 Å². The van der Waals surface area contributed by atoms with E-state index in [1.54, 1.807) is 0 Å². The van der Waals surface area contributed by atoms with Crippen molar-refractivity contribution >= 4 is 5.97 Å². The molecule has 0 aliphatic heterocycles. The van der Waals surface area contributed by atoms with Gasteiger partial charge in [-0.05, 0) is 41.3 Å². The van der Waals surface area contributed by atoms with Gasteiger partial charge in [0.25, 0.3) is 0 Å². The molecule has 0 heterocycles. The van der Waals surface area contributed by atoms with Crippen LogP contribution in [0.4, 0.5) is 0 Å². The molecule has 0 atom stereocenters. The van der Waals surface area contributed by atoms with Gasteiger partial charge in [0.15, 0.2) is 0 Å². The topological polar surface area (TPSA) is 35.5 Å². The Morgan fingerprint density at radius 2 is 1.25 bits per heavy atom. The Labute approximate surface area is 166 Å². The van der Waals surface area contributed by atoms with E-state index in [0.717, 1.165) is 16.9 Å². The van der Waals surface area contributed by atoms with Crippen LogP contribution in [0.25, 0.3) is 11.1 Å². The minimum absolute atomic E-state index is 0.111. The molecule has 0 saturated carbocycles. The van der Waals surface area contributed by atoms with Crippen molar-refractivity contribution in [2.45, 2.75) is 34.0 Å². The average Bonchev–Trinajstić information content (AvgIpc) is 2.72. The zero-order valence-corrected chi connectivity index (χ0v) is 16.6. The van der Waals surface area contributed by atoms with E-state index in [4.69, 9.17) is 9.47 Å². The molecule has 28 heavy (non-hydrogen) atoms. The van der Waals surface area contributed by atoms with Crippen LogP contribution >= 0.6 is 0 Å². The first-order valence-corrected chi connectivity index (χ1v) is 9.55. The molecule has 0 aliphatic carbocycles. The van der Waals surface area contributed by atoms with Crippen molar-refractivity contribution in [2.24, 2.45) is 5.92 Å². The molecule has 0 saturated heterocycles. The SMILES string of the molecule is Cc1ccc(-c2ccc(COc3ccc(COC(=O)C(C)C)cc3)cc2)cc1. The molecule has 0 amide bonds. The Bertz CT molecular complexity index is 892. The first-order valence-electron chi connectivity index (χ1n) is 9.55. The number of carbonyl (C=O) groups excluding carboxylic acids is 1. The lowest BCUT2D eigenvalue weighted by atomic mass is 10.0. The standard InChI is InChI=1S/C25H26O3/c1-18(2)25(26)28-17-21-8-14-24(15-9-21)27-16-20-6-12-23(13-7-20)22-10-4-19(3)5-11-22/h4-15,18H,16-17H2,1-3H3. The van der Waals surface area contributed by atoms with Crippen LogP contribution in [0.3, 0.4) is 0 Å². The third-order valence-electron chi connectivity index (χ3n) is 4.52. The van der Waals surface area contributed by atoms with Crippen LogP contribution in [-0.4, -0.2) is 5.97 Å². The minimum Gasteiger partial charge on any atom is -0.489 e. The van der Waals surface area contributed by atoms with E-state index in [2.05, 4.69) is 55.5 Å². The number of hydrogen-bond acceptors (Lipinski definition) is 3. The monoisotopic (exact) mass is 374 g/mol. The van der Waals surface area contributed by atoms with Gasteiger partial charge in [-0.25, -0.2) is 0 Å². The van der Waals surface area contributed by atoms with Crippen LogP contribution in [0, 0.1) is 12.8 Å². The molecule has 3 rings (SSSR count). The molecule has 144 valence electrons. The van der Waals surface area contributed by atoms with Gasteiger partial charge in [-0.1, -0.05) is 80.1 Å². The van der Waals surface area contributed by atoms with Crippen molar-refractivity contribution in [3.8, 4) is 16.9 Å². The molecule has 0 fully saturated rings. The third-order valence-corrected chi connectivity index (χ3v) is 4.52. The molecule has 3 aromatic carbocycles. The Hall–Kier alpha value is -3.07. The summed E-state index contributed by atoms with van der Waals surface area (Å²) in [6.45, 7) is 6.54. The summed E-state index contributed by atoms with van der Waals surface area (Å²) in [5.74, 6) is 0.496. The van der Waals surface area contributed by atoms with Gasteiger partial charge in [0.1, 0.15) is 19.0 Å². The predicted octanol–water partition coefficient (Wildman–Crippen LogP) is 5.94. The summed E-state index contributed by atoms with van der Waals surface area (Å²) in [6.07, 6.45) is 0. The van der Waals surface area contributed by atoms with Crippen molar-refractivity contribution in [2.75, 3.05) is 0 Å². The molecule has 3 nitrogen and oxygen atoms in total. The van der Waals surface area contributed by atoms with Crippen LogP contribution in [0.2, 0.25) is 0 Å². The van der Waals surface area contributed by atoms with Crippen molar-refractivity contribution in [3.63, 3.8) is 0 Å².